The van der Waals surface area contributed by atoms with Crippen LogP contribution < -0.4 is 10.5 Å². The summed E-state index contributed by atoms with van der Waals surface area (Å²) in [6, 6.07) is 8.17. The van der Waals surface area contributed by atoms with Gasteiger partial charge in [-0.25, -0.2) is 8.78 Å². The van der Waals surface area contributed by atoms with E-state index < -0.39 is 5.82 Å². The molecule has 0 aliphatic heterocycles. The van der Waals surface area contributed by atoms with Crippen molar-refractivity contribution in [1.82, 2.24) is 0 Å². The van der Waals surface area contributed by atoms with Crippen LogP contribution >= 0.6 is 11.6 Å². The molecule has 0 bridgehead atoms. The maximum atomic E-state index is 13.2. The van der Waals surface area contributed by atoms with Gasteiger partial charge < -0.3 is 10.5 Å². The minimum Gasteiger partial charge on any atom is -0.489 e. The molecule has 106 valence electrons. The zero-order valence-corrected chi connectivity index (χ0v) is 11.6. The molecule has 0 amide bonds. The van der Waals surface area contributed by atoms with Gasteiger partial charge in [-0.05, 0) is 42.8 Å². The number of halogens is 3. The van der Waals surface area contributed by atoms with Gasteiger partial charge >= 0.3 is 0 Å². The summed E-state index contributed by atoms with van der Waals surface area (Å²) in [5.74, 6) is -0.343. The maximum Gasteiger partial charge on any atom is 0.141 e. The molecule has 0 saturated heterocycles. The van der Waals surface area contributed by atoms with E-state index in [2.05, 4.69) is 0 Å². The van der Waals surface area contributed by atoms with Gasteiger partial charge in [0, 0.05) is 11.6 Å². The van der Waals surface area contributed by atoms with Crippen LogP contribution in [0.3, 0.4) is 0 Å². The lowest BCUT2D eigenvalue weighted by molar-refractivity contribution is 0.300. The second-order valence-corrected chi connectivity index (χ2v) is 4.92. The van der Waals surface area contributed by atoms with Gasteiger partial charge in [-0.15, -0.1) is 0 Å². The molecule has 0 fully saturated rings. The van der Waals surface area contributed by atoms with Crippen LogP contribution in [0.2, 0.25) is 5.02 Å². The molecule has 0 aliphatic carbocycles. The van der Waals surface area contributed by atoms with E-state index in [4.69, 9.17) is 22.1 Å². The first-order valence-corrected chi connectivity index (χ1v) is 6.47. The van der Waals surface area contributed by atoms with E-state index in [0.717, 1.165) is 5.56 Å². The maximum absolute atomic E-state index is 13.2. The lowest BCUT2D eigenvalue weighted by Crippen LogP contribution is -2.08. The van der Waals surface area contributed by atoms with Crippen LogP contribution in [0.25, 0.3) is 0 Å². The Morgan fingerprint density at radius 2 is 1.95 bits per heavy atom. The number of nitrogens with two attached hydrogens (primary N) is 1. The lowest BCUT2D eigenvalue weighted by atomic mass is 10.1. The fourth-order valence-electron chi connectivity index (χ4n) is 1.80. The fourth-order valence-corrected chi connectivity index (χ4v) is 2.00. The summed E-state index contributed by atoms with van der Waals surface area (Å²) in [4.78, 5) is 0. The molecule has 2 rings (SSSR count). The van der Waals surface area contributed by atoms with Crippen molar-refractivity contribution in [1.29, 1.82) is 0 Å². The van der Waals surface area contributed by atoms with E-state index in [1.54, 1.807) is 13.0 Å². The highest BCUT2D eigenvalue weighted by Gasteiger charge is 2.10. The summed E-state index contributed by atoms with van der Waals surface area (Å²) in [5, 5.41) is 0.0395. The molecular formula is C15H14ClF2NO. The number of hydrogen-bond acceptors (Lipinski definition) is 2. The van der Waals surface area contributed by atoms with Crippen LogP contribution in [0, 0.1) is 11.6 Å². The van der Waals surface area contributed by atoms with Crippen LogP contribution in [0.1, 0.15) is 24.1 Å². The Kier molecular flexibility index (Phi) is 4.57. The molecule has 0 radical (unpaired) electrons. The average Bonchev–Trinajstić information content (AvgIpc) is 2.41. The highest BCUT2D eigenvalue weighted by atomic mass is 35.5. The standard InChI is InChI=1S/C15H14ClF2NO/c1-9(19)12-7-11(17)3-5-15(12)20-8-10-2-4-14(18)13(16)6-10/h2-7,9H,8,19H2,1H3. The van der Waals surface area contributed by atoms with Crippen molar-refractivity contribution in [3.05, 3.63) is 64.2 Å². The Morgan fingerprint density at radius 1 is 1.20 bits per heavy atom. The zero-order valence-electron chi connectivity index (χ0n) is 10.9. The number of benzene rings is 2. The van der Waals surface area contributed by atoms with E-state index in [1.165, 1.54) is 30.3 Å². The summed E-state index contributed by atoms with van der Waals surface area (Å²) in [7, 11) is 0. The summed E-state index contributed by atoms with van der Waals surface area (Å²) in [6.45, 7) is 1.95. The van der Waals surface area contributed by atoms with Crippen LogP contribution in [0.5, 0.6) is 5.75 Å². The third-order valence-electron chi connectivity index (χ3n) is 2.84. The second-order valence-electron chi connectivity index (χ2n) is 4.51. The SMILES string of the molecule is CC(N)c1cc(F)ccc1OCc1ccc(F)c(Cl)c1. The van der Waals surface area contributed by atoms with Gasteiger partial charge in [-0.3, -0.25) is 0 Å². The van der Waals surface area contributed by atoms with Crippen LogP contribution in [0.15, 0.2) is 36.4 Å². The van der Waals surface area contributed by atoms with Gasteiger partial charge in [0.25, 0.3) is 0 Å². The van der Waals surface area contributed by atoms with Crippen LogP contribution in [-0.4, -0.2) is 0 Å². The number of hydrogen-bond donors (Lipinski definition) is 1. The lowest BCUT2D eigenvalue weighted by Gasteiger charge is -2.14. The van der Waals surface area contributed by atoms with Crippen molar-refractivity contribution >= 4 is 11.6 Å². The van der Waals surface area contributed by atoms with Crippen LogP contribution in [0.4, 0.5) is 8.78 Å². The highest BCUT2D eigenvalue weighted by molar-refractivity contribution is 6.30. The Bertz CT molecular complexity index is 617. The largest absolute Gasteiger partial charge is 0.489 e. The topological polar surface area (TPSA) is 35.2 Å². The molecule has 2 nitrogen and oxygen atoms in total. The first kappa shape index (κ1) is 14.8. The molecule has 20 heavy (non-hydrogen) atoms. The van der Waals surface area contributed by atoms with E-state index in [0.29, 0.717) is 11.3 Å². The van der Waals surface area contributed by atoms with Crippen molar-refractivity contribution in [3.63, 3.8) is 0 Å². The minimum absolute atomic E-state index is 0.0395. The first-order valence-electron chi connectivity index (χ1n) is 6.09. The minimum atomic E-state index is -0.478. The molecule has 0 heterocycles. The van der Waals surface area contributed by atoms with E-state index >= 15 is 0 Å². The molecule has 0 spiro atoms. The zero-order chi connectivity index (χ0) is 14.7. The predicted octanol–water partition coefficient (Wildman–Crippen LogP) is 4.22. The smallest absolute Gasteiger partial charge is 0.141 e. The Morgan fingerprint density at radius 3 is 2.60 bits per heavy atom. The normalized spacial score (nSPS) is 12.2. The van der Waals surface area contributed by atoms with Gasteiger partial charge in [0.15, 0.2) is 0 Å². The molecule has 2 aromatic carbocycles. The van der Waals surface area contributed by atoms with Gasteiger partial charge in [0.2, 0.25) is 0 Å². The Hall–Kier alpha value is -1.65. The molecular weight excluding hydrogens is 284 g/mol. The quantitative estimate of drug-likeness (QED) is 0.917. The van der Waals surface area contributed by atoms with Gasteiger partial charge in [-0.1, -0.05) is 17.7 Å². The molecule has 0 saturated carbocycles. The second kappa shape index (κ2) is 6.20. The van der Waals surface area contributed by atoms with E-state index in [1.807, 2.05) is 0 Å². The van der Waals surface area contributed by atoms with Crippen molar-refractivity contribution in [2.45, 2.75) is 19.6 Å². The van der Waals surface area contributed by atoms with Gasteiger partial charge in [0.05, 0.1) is 5.02 Å². The third kappa shape index (κ3) is 3.46. The highest BCUT2D eigenvalue weighted by Crippen LogP contribution is 2.26. The average molecular weight is 298 g/mol. The van der Waals surface area contributed by atoms with E-state index in [-0.39, 0.29) is 23.5 Å². The number of rotatable bonds is 4. The molecule has 2 aromatic rings. The predicted molar refractivity (Wildman–Crippen MR) is 74.7 cm³/mol. The number of ether oxygens (including phenoxy) is 1. The Labute approximate surface area is 121 Å². The summed E-state index contributed by atoms with van der Waals surface area (Å²) >= 11 is 5.70. The fraction of sp³-hybridized carbons (Fsp3) is 0.200. The molecule has 2 N–H and O–H groups in total. The molecule has 1 atom stereocenters. The molecule has 0 aliphatic rings. The van der Waals surface area contributed by atoms with Crippen molar-refractivity contribution in [2.24, 2.45) is 5.73 Å². The van der Waals surface area contributed by atoms with Crippen molar-refractivity contribution < 1.29 is 13.5 Å². The van der Waals surface area contributed by atoms with Gasteiger partial charge in [0.1, 0.15) is 24.0 Å². The van der Waals surface area contributed by atoms with Gasteiger partial charge in [-0.2, -0.15) is 0 Å². The van der Waals surface area contributed by atoms with Crippen molar-refractivity contribution in [3.8, 4) is 5.75 Å². The summed E-state index contributed by atoms with van der Waals surface area (Å²) < 4.78 is 31.8. The Balaban J connectivity index is 2.16. The molecule has 0 aromatic heterocycles. The van der Waals surface area contributed by atoms with Crippen molar-refractivity contribution in [2.75, 3.05) is 0 Å². The molecule has 5 heteroatoms. The van der Waals surface area contributed by atoms with E-state index in [9.17, 15) is 8.78 Å². The first-order chi connectivity index (χ1) is 9.47. The monoisotopic (exact) mass is 297 g/mol. The third-order valence-corrected chi connectivity index (χ3v) is 3.13. The molecule has 1 unspecified atom stereocenters. The summed E-state index contributed by atoms with van der Waals surface area (Å²) in [5.41, 5.74) is 7.08. The summed E-state index contributed by atoms with van der Waals surface area (Å²) in [6.07, 6.45) is 0. The van der Waals surface area contributed by atoms with Crippen LogP contribution in [-0.2, 0) is 6.61 Å².